The van der Waals surface area contributed by atoms with Crippen LogP contribution in [0.4, 0.5) is 4.39 Å². The molecule has 0 spiro atoms. The first-order valence-electron chi connectivity index (χ1n) is 4.30. The predicted octanol–water partition coefficient (Wildman–Crippen LogP) is 2.54. The lowest BCUT2D eigenvalue weighted by Gasteiger charge is -2.05. The molecular weight excluding hydrogens is 181 g/mol. The number of Topliss-reactive ketones (excluding diaryl/α,β-unsaturated/α-hetero) is 1. The third-order valence-electron chi connectivity index (χ3n) is 1.92. The van der Waals surface area contributed by atoms with Crippen LogP contribution >= 0.6 is 0 Å². The van der Waals surface area contributed by atoms with E-state index in [1.807, 2.05) is 0 Å². The number of nitriles is 1. The highest BCUT2D eigenvalue weighted by Crippen LogP contribution is 2.16. The predicted molar refractivity (Wildman–Crippen MR) is 50.3 cm³/mol. The number of ketones is 1. The van der Waals surface area contributed by atoms with Crippen molar-refractivity contribution in [2.75, 3.05) is 0 Å². The number of carbonyl (C=O) groups excluding carboxylic acids is 1. The Balaban J connectivity index is 3.29. The minimum absolute atomic E-state index is 0.161. The molecule has 0 saturated carbocycles. The van der Waals surface area contributed by atoms with Gasteiger partial charge >= 0.3 is 0 Å². The SMILES string of the molecule is CC(C)C(=O)c1cccc(F)c1C#N. The fraction of sp³-hybridized carbons (Fsp3) is 0.273. The number of halogens is 1. The molecule has 72 valence electrons. The summed E-state index contributed by atoms with van der Waals surface area (Å²) in [6, 6.07) is 5.79. The molecule has 1 aromatic carbocycles. The lowest BCUT2D eigenvalue weighted by atomic mass is 9.97. The summed E-state index contributed by atoms with van der Waals surface area (Å²) in [6.45, 7) is 3.43. The molecule has 0 fully saturated rings. The van der Waals surface area contributed by atoms with E-state index < -0.39 is 5.82 Å². The van der Waals surface area contributed by atoms with Crippen molar-refractivity contribution < 1.29 is 9.18 Å². The molecule has 0 radical (unpaired) electrons. The Morgan fingerprint density at radius 2 is 2.14 bits per heavy atom. The van der Waals surface area contributed by atoms with Gasteiger partial charge in [-0.15, -0.1) is 0 Å². The van der Waals surface area contributed by atoms with Crippen LogP contribution in [0.25, 0.3) is 0 Å². The number of benzene rings is 1. The van der Waals surface area contributed by atoms with Crippen LogP contribution in [0.1, 0.15) is 29.8 Å². The van der Waals surface area contributed by atoms with Gasteiger partial charge in [0.05, 0.1) is 5.56 Å². The van der Waals surface area contributed by atoms with Gasteiger partial charge in [0, 0.05) is 11.5 Å². The van der Waals surface area contributed by atoms with Crippen LogP contribution in [0, 0.1) is 23.1 Å². The van der Waals surface area contributed by atoms with E-state index in [1.54, 1.807) is 19.9 Å². The Kier molecular flexibility index (Phi) is 2.98. The van der Waals surface area contributed by atoms with E-state index in [4.69, 9.17) is 5.26 Å². The molecule has 0 aliphatic heterocycles. The van der Waals surface area contributed by atoms with Gasteiger partial charge in [-0.05, 0) is 12.1 Å². The minimum Gasteiger partial charge on any atom is -0.294 e. The van der Waals surface area contributed by atoms with Crippen molar-refractivity contribution in [3.63, 3.8) is 0 Å². The largest absolute Gasteiger partial charge is 0.294 e. The van der Waals surface area contributed by atoms with Gasteiger partial charge in [0.25, 0.3) is 0 Å². The Morgan fingerprint density at radius 1 is 1.50 bits per heavy atom. The average molecular weight is 191 g/mol. The smallest absolute Gasteiger partial charge is 0.166 e. The van der Waals surface area contributed by atoms with Crippen molar-refractivity contribution in [3.05, 3.63) is 35.1 Å². The minimum atomic E-state index is -0.640. The Hall–Kier alpha value is -1.69. The maximum absolute atomic E-state index is 13.1. The summed E-state index contributed by atoms with van der Waals surface area (Å²) in [5, 5.41) is 8.69. The van der Waals surface area contributed by atoms with Gasteiger partial charge in [0.1, 0.15) is 11.9 Å². The second-order valence-electron chi connectivity index (χ2n) is 3.29. The fourth-order valence-corrected chi connectivity index (χ4v) is 1.15. The van der Waals surface area contributed by atoms with Gasteiger partial charge in [-0.3, -0.25) is 4.79 Å². The van der Waals surface area contributed by atoms with Crippen LogP contribution in [0.15, 0.2) is 18.2 Å². The molecule has 0 aromatic heterocycles. The molecule has 0 saturated heterocycles. The maximum Gasteiger partial charge on any atom is 0.166 e. The molecule has 2 nitrogen and oxygen atoms in total. The first-order valence-corrected chi connectivity index (χ1v) is 4.30. The second kappa shape index (κ2) is 4.01. The summed E-state index contributed by atoms with van der Waals surface area (Å²) in [5.74, 6) is -1.08. The molecule has 0 aliphatic carbocycles. The molecule has 0 amide bonds. The third-order valence-corrected chi connectivity index (χ3v) is 1.92. The number of hydrogen-bond donors (Lipinski definition) is 0. The van der Waals surface area contributed by atoms with Crippen molar-refractivity contribution >= 4 is 5.78 Å². The summed E-state index contributed by atoms with van der Waals surface area (Å²) < 4.78 is 13.1. The highest BCUT2D eigenvalue weighted by molar-refractivity contribution is 5.99. The quantitative estimate of drug-likeness (QED) is 0.674. The first-order chi connectivity index (χ1) is 6.57. The first kappa shape index (κ1) is 10.4. The van der Waals surface area contributed by atoms with Crippen molar-refractivity contribution in [2.45, 2.75) is 13.8 Å². The third kappa shape index (κ3) is 1.80. The molecule has 1 rings (SSSR count). The summed E-state index contributed by atoms with van der Waals surface area (Å²) in [7, 11) is 0. The second-order valence-corrected chi connectivity index (χ2v) is 3.29. The molecule has 0 unspecified atom stereocenters. The van der Waals surface area contributed by atoms with Crippen molar-refractivity contribution in [1.29, 1.82) is 5.26 Å². The molecule has 3 heteroatoms. The molecule has 0 bridgehead atoms. The molecule has 0 aliphatic rings. The number of nitrogens with zero attached hydrogens (tertiary/aromatic N) is 1. The molecule has 14 heavy (non-hydrogen) atoms. The van der Waals surface area contributed by atoms with Crippen molar-refractivity contribution in [3.8, 4) is 6.07 Å². The Morgan fingerprint density at radius 3 is 2.64 bits per heavy atom. The molecular formula is C11H10FNO. The van der Waals surface area contributed by atoms with Gasteiger partial charge < -0.3 is 0 Å². The lowest BCUT2D eigenvalue weighted by molar-refractivity contribution is 0.0938. The Labute approximate surface area is 82.0 Å². The summed E-state index contributed by atoms with van der Waals surface area (Å²) in [4.78, 5) is 11.6. The highest BCUT2D eigenvalue weighted by Gasteiger charge is 2.16. The molecule has 0 heterocycles. The number of rotatable bonds is 2. The van der Waals surface area contributed by atoms with Crippen LogP contribution in [0.2, 0.25) is 0 Å². The standard InChI is InChI=1S/C11H10FNO/c1-7(2)11(14)8-4-3-5-10(12)9(8)6-13/h3-5,7H,1-2H3. The van der Waals surface area contributed by atoms with E-state index >= 15 is 0 Å². The van der Waals surface area contributed by atoms with E-state index in [9.17, 15) is 9.18 Å². The van der Waals surface area contributed by atoms with E-state index in [-0.39, 0.29) is 22.8 Å². The van der Waals surface area contributed by atoms with Crippen LogP contribution < -0.4 is 0 Å². The molecule has 0 atom stereocenters. The number of carbonyl (C=O) groups is 1. The monoisotopic (exact) mass is 191 g/mol. The van der Waals surface area contributed by atoms with E-state index in [0.717, 1.165) is 0 Å². The average Bonchev–Trinajstić information content (AvgIpc) is 2.16. The highest BCUT2D eigenvalue weighted by atomic mass is 19.1. The van der Waals surface area contributed by atoms with Gasteiger partial charge in [-0.2, -0.15) is 5.26 Å². The van der Waals surface area contributed by atoms with E-state index in [2.05, 4.69) is 0 Å². The van der Waals surface area contributed by atoms with Gasteiger partial charge in [-0.25, -0.2) is 4.39 Å². The van der Waals surface area contributed by atoms with Crippen LogP contribution in [0.5, 0.6) is 0 Å². The van der Waals surface area contributed by atoms with E-state index in [0.29, 0.717) is 0 Å². The lowest BCUT2D eigenvalue weighted by Crippen LogP contribution is -2.10. The summed E-state index contributed by atoms with van der Waals surface area (Å²) in [6.07, 6.45) is 0. The zero-order valence-electron chi connectivity index (χ0n) is 8.04. The van der Waals surface area contributed by atoms with E-state index in [1.165, 1.54) is 18.2 Å². The fourth-order valence-electron chi connectivity index (χ4n) is 1.15. The van der Waals surface area contributed by atoms with Crippen molar-refractivity contribution in [2.24, 2.45) is 5.92 Å². The van der Waals surface area contributed by atoms with Crippen LogP contribution in [-0.2, 0) is 0 Å². The topological polar surface area (TPSA) is 40.9 Å². The van der Waals surface area contributed by atoms with Gasteiger partial charge in [-0.1, -0.05) is 19.9 Å². The van der Waals surface area contributed by atoms with Crippen LogP contribution in [-0.4, -0.2) is 5.78 Å². The zero-order valence-corrected chi connectivity index (χ0v) is 8.04. The van der Waals surface area contributed by atoms with Crippen molar-refractivity contribution in [1.82, 2.24) is 0 Å². The number of hydrogen-bond acceptors (Lipinski definition) is 2. The zero-order chi connectivity index (χ0) is 10.7. The maximum atomic E-state index is 13.1. The molecule has 0 N–H and O–H groups in total. The van der Waals surface area contributed by atoms with Gasteiger partial charge in [0.15, 0.2) is 5.78 Å². The summed E-state index contributed by atoms with van der Waals surface area (Å²) in [5.41, 5.74) is 0.00806. The molecule has 1 aromatic rings. The normalized spacial score (nSPS) is 9.93. The van der Waals surface area contributed by atoms with Crippen LogP contribution in [0.3, 0.4) is 0 Å². The summed E-state index contributed by atoms with van der Waals surface area (Å²) >= 11 is 0. The van der Waals surface area contributed by atoms with Gasteiger partial charge in [0.2, 0.25) is 0 Å². The Bertz CT molecular complexity index is 404.